The van der Waals surface area contributed by atoms with Gasteiger partial charge in [-0.15, -0.1) is 0 Å². The van der Waals surface area contributed by atoms with Gasteiger partial charge in [-0.1, -0.05) is 13.8 Å². The molecule has 2 N–H and O–H groups in total. The molecule has 2 rings (SSSR count). The minimum absolute atomic E-state index is 0.0316. The average molecular weight is 318 g/mol. The monoisotopic (exact) mass is 318 g/mol. The van der Waals surface area contributed by atoms with Crippen LogP contribution in [0.5, 0.6) is 0 Å². The van der Waals surface area contributed by atoms with Gasteiger partial charge in [-0.05, 0) is 50.8 Å². The van der Waals surface area contributed by atoms with Crippen molar-refractivity contribution < 1.29 is 4.79 Å². The fraction of sp³-hybridized carbons (Fsp3) is 0.667. The summed E-state index contributed by atoms with van der Waals surface area (Å²) in [7, 11) is 0. The number of anilines is 1. The Hall–Kier alpha value is -1.62. The number of aromatic nitrogens is 1. The second-order valence-corrected chi connectivity index (χ2v) is 7.25. The summed E-state index contributed by atoms with van der Waals surface area (Å²) in [5.74, 6) is 2.03. The molecule has 23 heavy (non-hydrogen) atoms. The quantitative estimate of drug-likeness (QED) is 0.811. The lowest BCUT2D eigenvalue weighted by Gasteiger charge is -2.18. The zero-order valence-corrected chi connectivity index (χ0v) is 14.8. The summed E-state index contributed by atoms with van der Waals surface area (Å²) in [6, 6.07) is 4.01. The maximum atomic E-state index is 12.2. The highest BCUT2D eigenvalue weighted by Gasteiger charge is 2.23. The van der Waals surface area contributed by atoms with Crippen LogP contribution in [0.2, 0.25) is 0 Å². The minimum Gasteiger partial charge on any atom is -0.368 e. The molecule has 1 atom stereocenters. The molecule has 1 aliphatic rings. The molecule has 1 saturated heterocycles. The topological polar surface area (TPSA) is 57.3 Å². The number of carbonyl (C=O) groups excluding carboxylic acids is 1. The number of nitrogens with one attached hydrogen (secondary N) is 2. The first kappa shape index (κ1) is 17.7. The van der Waals surface area contributed by atoms with Crippen molar-refractivity contribution >= 4 is 11.7 Å². The van der Waals surface area contributed by atoms with E-state index in [0.29, 0.717) is 23.4 Å². The predicted octanol–water partition coefficient (Wildman–Crippen LogP) is 2.61. The largest absolute Gasteiger partial charge is 0.368 e. The first-order valence-corrected chi connectivity index (χ1v) is 8.67. The Balaban J connectivity index is 1.77. The van der Waals surface area contributed by atoms with Gasteiger partial charge in [0.2, 0.25) is 0 Å². The standard InChI is InChI=1S/C18H30N4O/c1-13(2)11-22-8-7-15(12-22)9-20-18(23)16-5-6-17(19-10-16)21-14(3)4/h5-6,10,13-15H,7-9,11-12H2,1-4H3,(H,19,21)(H,20,23). The van der Waals surface area contributed by atoms with Crippen molar-refractivity contribution in [3.8, 4) is 0 Å². The summed E-state index contributed by atoms with van der Waals surface area (Å²) in [6.07, 6.45) is 2.81. The van der Waals surface area contributed by atoms with Gasteiger partial charge in [0.05, 0.1) is 5.56 Å². The predicted molar refractivity (Wildman–Crippen MR) is 94.7 cm³/mol. The molecule has 5 nitrogen and oxygen atoms in total. The highest BCUT2D eigenvalue weighted by Crippen LogP contribution is 2.16. The van der Waals surface area contributed by atoms with Gasteiger partial charge in [-0.25, -0.2) is 4.98 Å². The van der Waals surface area contributed by atoms with Crippen LogP contribution in [-0.4, -0.2) is 48.0 Å². The highest BCUT2D eigenvalue weighted by atomic mass is 16.1. The summed E-state index contributed by atoms with van der Waals surface area (Å²) in [6.45, 7) is 12.8. The molecular formula is C18H30N4O. The Morgan fingerprint density at radius 3 is 2.74 bits per heavy atom. The van der Waals surface area contributed by atoms with Gasteiger partial charge in [-0.2, -0.15) is 0 Å². The van der Waals surface area contributed by atoms with Gasteiger partial charge < -0.3 is 15.5 Å². The van der Waals surface area contributed by atoms with Gasteiger partial charge in [-0.3, -0.25) is 4.79 Å². The Morgan fingerprint density at radius 1 is 1.35 bits per heavy atom. The van der Waals surface area contributed by atoms with Crippen LogP contribution in [0.15, 0.2) is 18.3 Å². The first-order chi connectivity index (χ1) is 10.9. The molecule has 1 amide bonds. The molecule has 0 saturated carbocycles. The van der Waals surface area contributed by atoms with E-state index in [9.17, 15) is 4.79 Å². The van der Waals surface area contributed by atoms with Crippen LogP contribution in [0.4, 0.5) is 5.82 Å². The molecule has 5 heteroatoms. The van der Waals surface area contributed by atoms with Crippen LogP contribution in [0.25, 0.3) is 0 Å². The van der Waals surface area contributed by atoms with E-state index in [0.717, 1.165) is 32.0 Å². The molecule has 1 aromatic heterocycles. The van der Waals surface area contributed by atoms with E-state index in [2.05, 4.69) is 48.2 Å². The number of nitrogens with zero attached hydrogens (tertiary/aromatic N) is 2. The lowest BCUT2D eigenvalue weighted by atomic mass is 10.1. The molecular weight excluding hydrogens is 288 g/mol. The summed E-state index contributed by atoms with van der Waals surface area (Å²) in [4.78, 5) is 19.0. The number of carbonyl (C=O) groups is 1. The van der Waals surface area contributed by atoms with Crippen molar-refractivity contribution in [2.45, 2.75) is 40.2 Å². The second-order valence-electron chi connectivity index (χ2n) is 7.25. The SMILES string of the molecule is CC(C)CN1CCC(CNC(=O)c2ccc(NC(C)C)nc2)C1. The summed E-state index contributed by atoms with van der Waals surface area (Å²) in [5.41, 5.74) is 0.622. The lowest BCUT2D eigenvalue weighted by Crippen LogP contribution is -2.32. The smallest absolute Gasteiger partial charge is 0.252 e. The van der Waals surface area contributed by atoms with E-state index in [1.165, 1.54) is 6.42 Å². The van der Waals surface area contributed by atoms with E-state index >= 15 is 0 Å². The van der Waals surface area contributed by atoms with Crippen molar-refractivity contribution in [1.29, 1.82) is 0 Å². The third kappa shape index (κ3) is 5.82. The third-order valence-corrected chi connectivity index (χ3v) is 4.01. The maximum Gasteiger partial charge on any atom is 0.252 e. The van der Waals surface area contributed by atoms with E-state index in [1.807, 2.05) is 12.1 Å². The molecule has 0 aliphatic carbocycles. The number of pyridine rings is 1. The zero-order chi connectivity index (χ0) is 16.8. The fourth-order valence-electron chi connectivity index (χ4n) is 3.01. The van der Waals surface area contributed by atoms with Crippen molar-refractivity contribution in [2.75, 3.05) is 31.5 Å². The van der Waals surface area contributed by atoms with E-state index < -0.39 is 0 Å². The van der Waals surface area contributed by atoms with Crippen LogP contribution in [0.1, 0.15) is 44.5 Å². The molecule has 1 fully saturated rings. The van der Waals surface area contributed by atoms with Gasteiger partial charge in [0.15, 0.2) is 0 Å². The number of rotatable bonds is 7. The van der Waals surface area contributed by atoms with Crippen LogP contribution in [0.3, 0.4) is 0 Å². The zero-order valence-electron chi connectivity index (χ0n) is 14.8. The molecule has 2 heterocycles. The van der Waals surface area contributed by atoms with Gasteiger partial charge >= 0.3 is 0 Å². The molecule has 0 bridgehead atoms. The molecule has 1 aliphatic heterocycles. The van der Waals surface area contributed by atoms with Crippen LogP contribution < -0.4 is 10.6 Å². The Bertz CT molecular complexity index is 498. The summed E-state index contributed by atoms with van der Waals surface area (Å²) < 4.78 is 0. The Morgan fingerprint density at radius 2 is 2.13 bits per heavy atom. The van der Waals surface area contributed by atoms with E-state index in [4.69, 9.17) is 0 Å². The van der Waals surface area contributed by atoms with E-state index in [-0.39, 0.29) is 5.91 Å². The maximum absolute atomic E-state index is 12.2. The van der Waals surface area contributed by atoms with Gasteiger partial charge in [0.25, 0.3) is 5.91 Å². The average Bonchev–Trinajstić information content (AvgIpc) is 2.91. The van der Waals surface area contributed by atoms with Crippen molar-refractivity contribution in [3.05, 3.63) is 23.9 Å². The molecule has 1 unspecified atom stereocenters. The summed E-state index contributed by atoms with van der Waals surface area (Å²) in [5, 5.41) is 6.27. The number of likely N-dealkylation sites (tertiary alicyclic amines) is 1. The molecule has 128 valence electrons. The van der Waals surface area contributed by atoms with Crippen LogP contribution >= 0.6 is 0 Å². The minimum atomic E-state index is -0.0316. The van der Waals surface area contributed by atoms with E-state index in [1.54, 1.807) is 6.20 Å². The Labute approximate surface area is 139 Å². The normalized spacial score (nSPS) is 18.6. The number of amides is 1. The van der Waals surface area contributed by atoms with Crippen molar-refractivity contribution in [3.63, 3.8) is 0 Å². The van der Waals surface area contributed by atoms with Gasteiger partial charge in [0.1, 0.15) is 5.82 Å². The fourth-order valence-corrected chi connectivity index (χ4v) is 3.01. The highest BCUT2D eigenvalue weighted by molar-refractivity contribution is 5.94. The summed E-state index contributed by atoms with van der Waals surface area (Å²) >= 11 is 0. The molecule has 0 radical (unpaired) electrons. The second kappa shape index (κ2) is 8.29. The van der Waals surface area contributed by atoms with Crippen molar-refractivity contribution in [2.24, 2.45) is 11.8 Å². The van der Waals surface area contributed by atoms with Gasteiger partial charge in [0, 0.05) is 31.9 Å². The molecule has 0 aromatic carbocycles. The molecule has 0 spiro atoms. The Kier molecular flexibility index (Phi) is 6.39. The number of hydrogen-bond donors (Lipinski definition) is 2. The third-order valence-electron chi connectivity index (χ3n) is 4.01. The van der Waals surface area contributed by atoms with Crippen LogP contribution in [-0.2, 0) is 0 Å². The molecule has 1 aromatic rings. The lowest BCUT2D eigenvalue weighted by molar-refractivity contribution is 0.0947. The van der Waals surface area contributed by atoms with Crippen molar-refractivity contribution in [1.82, 2.24) is 15.2 Å². The van der Waals surface area contributed by atoms with Crippen LogP contribution in [0, 0.1) is 11.8 Å². The first-order valence-electron chi connectivity index (χ1n) is 8.67. The number of hydrogen-bond acceptors (Lipinski definition) is 4.